The molecule has 1 fully saturated rings. The summed E-state index contributed by atoms with van der Waals surface area (Å²) in [6, 6.07) is 3.63. The average molecular weight is 439 g/mol. The monoisotopic (exact) mass is 438 g/mol. The Labute approximate surface area is 170 Å². The van der Waals surface area contributed by atoms with Gasteiger partial charge in [-0.15, -0.1) is 0 Å². The van der Waals surface area contributed by atoms with Crippen LogP contribution in [0.1, 0.15) is 31.2 Å². The lowest BCUT2D eigenvalue weighted by Crippen LogP contribution is -2.39. The van der Waals surface area contributed by atoms with Crippen molar-refractivity contribution in [2.75, 3.05) is 39.2 Å². The molecule has 2 rings (SSSR count). The number of halogens is 3. The van der Waals surface area contributed by atoms with Crippen molar-refractivity contribution in [3.8, 4) is 0 Å². The normalized spacial score (nSPS) is 21.4. The van der Waals surface area contributed by atoms with Crippen molar-refractivity contribution in [1.29, 1.82) is 0 Å². The summed E-state index contributed by atoms with van der Waals surface area (Å²) in [7, 11) is 1.85. The summed E-state index contributed by atoms with van der Waals surface area (Å²) in [5.74, 6) is 2.79. The molecular weight excluding hydrogens is 409 g/mol. The number of sulfonamides is 1. The van der Waals surface area contributed by atoms with Crippen LogP contribution in [0.15, 0.2) is 29.2 Å². The summed E-state index contributed by atoms with van der Waals surface area (Å²) in [5.41, 5.74) is -0.846. The minimum Gasteiger partial charge on any atom is -0.309 e. The number of hydrogen-bond donors (Lipinski definition) is 0. The number of rotatable bonds is 8. The highest BCUT2D eigenvalue weighted by atomic mass is 32.2. The van der Waals surface area contributed by atoms with E-state index in [-0.39, 0.29) is 10.9 Å². The lowest BCUT2D eigenvalue weighted by atomic mass is 9.87. The number of benzene rings is 1. The second-order valence-electron chi connectivity index (χ2n) is 7.60. The quantitative estimate of drug-likeness (QED) is 0.571. The van der Waals surface area contributed by atoms with E-state index in [0.29, 0.717) is 5.92 Å². The third kappa shape index (κ3) is 6.37. The van der Waals surface area contributed by atoms with Gasteiger partial charge < -0.3 is 4.90 Å². The molecule has 0 atom stereocenters. The van der Waals surface area contributed by atoms with Crippen LogP contribution < -0.4 is 0 Å². The smallest absolute Gasteiger partial charge is 0.309 e. The first-order valence-corrected chi connectivity index (χ1v) is 12.0. The average Bonchev–Trinajstić information content (AvgIpc) is 2.64. The number of alkyl halides is 3. The van der Waals surface area contributed by atoms with Crippen molar-refractivity contribution in [2.45, 2.75) is 42.8 Å². The minimum atomic E-state index is -4.48. The Kier molecular flexibility index (Phi) is 8.25. The Morgan fingerprint density at radius 1 is 1.04 bits per heavy atom. The van der Waals surface area contributed by atoms with Crippen LogP contribution in [0.4, 0.5) is 13.2 Å². The van der Waals surface area contributed by atoms with Gasteiger partial charge in [-0.1, -0.05) is 0 Å². The van der Waals surface area contributed by atoms with E-state index in [9.17, 15) is 21.6 Å². The van der Waals surface area contributed by atoms with Gasteiger partial charge in [0.15, 0.2) is 0 Å². The maximum absolute atomic E-state index is 12.8. The highest BCUT2D eigenvalue weighted by Gasteiger charge is 2.33. The molecule has 0 N–H and O–H groups in total. The molecule has 0 spiro atoms. The van der Waals surface area contributed by atoms with Crippen molar-refractivity contribution < 1.29 is 21.6 Å². The Balaban J connectivity index is 1.90. The van der Waals surface area contributed by atoms with Crippen LogP contribution >= 0.6 is 11.8 Å². The molecule has 1 aromatic carbocycles. The molecule has 1 aliphatic rings. The highest BCUT2D eigenvalue weighted by molar-refractivity contribution is 7.99. The first-order valence-electron chi connectivity index (χ1n) is 9.39. The molecule has 0 heterocycles. The lowest BCUT2D eigenvalue weighted by molar-refractivity contribution is -0.137. The van der Waals surface area contributed by atoms with Crippen LogP contribution in [0, 0.1) is 5.92 Å². The van der Waals surface area contributed by atoms with Gasteiger partial charge >= 0.3 is 6.18 Å². The molecule has 1 saturated carbocycles. The number of hydrogen-bond acceptors (Lipinski definition) is 4. The van der Waals surface area contributed by atoms with Crippen LogP contribution in [-0.2, 0) is 16.2 Å². The van der Waals surface area contributed by atoms with E-state index in [2.05, 4.69) is 19.0 Å². The first-order chi connectivity index (χ1) is 13.0. The van der Waals surface area contributed by atoms with E-state index in [4.69, 9.17) is 0 Å². The van der Waals surface area contributed by atoms with Crippen molar-refractivity contribution >= 4 is 21.8 Å². The molecule has 1 aliphatic carbocycles. The Morgan fingerprint density at radius 3 is 2.11 bits per heavy atom. The largest absolute Gasteiger partial charge is 0.416 e. The molecule has 28 heavy (non-hydrogen) atoms. The zero-order chi connectivity index (χ0) is 20.9. The third-order valence-electron chi connectivity index (χ3n) is 5.23. The van der Waals surface area contributed by atoms with Gasteiger partial charge in [-0.2, -0.15) is 29.2 Å². The van der Waals surface area contributed by atoms with Gasteiger partial charge in [0.2, 0.25) is 10.0 Å². The zero-order valence-electron chi connectivity index (χ0n) is 16.6. The second kappa shape index (κ2) is 9.82. The summed E-state index contributed by atoms with van der Waals surface area (Å²) in [6.45, 7) is 1.05. The molecule has 4 nitrogen and oxygen atoms in total. The van der Waals surface area contributed by atoms with Gasteiger partial charge in [-0.05, 0) is 75.7 Å². The van der Waals surface area contributed by atoms with Gasteiger partial charge in [0, 0.05) is 25.4 Å². The molecule has 0 saturated heterocycles. The van der Waals surface area contributed by atoms with Crippen LogP contribution in [-0.4, -0.2) is 62.9 Å². The second-order valence-corrected chi connectivity index (χ2v) is 10.7. The van der Waals surface area contributed by atoms with E-state index in [1.54, 1.807) is 0 Å². The van der Waals surface area contributed by atoms with Crippen LogP contribution in [0.2, 0.25) is 0 Å². The van der Waals surface area contributed by atoms with E-state index >= 15 is 0 Å². The number of thioether (sulfide) groups is 1. The van der Waals surface area contributed by atoms with Crippen LogP contribution in [0.25, 0.3) is 0 Å². The molecule has 1 aromatic rings. The maximum Gasteiger partial charge on any atom is 0.416 e. The number of nitrogens with zero attached hydrogens (tertiary/aromatic N) is 2. The van der Waals surface area contributed by atoms with Gasteiger partial charge in [0.05, 0.1) is 10.5 Å². The molecular formula is C19H29F3N2O2S2. The van der Waals surface area contributed by atoms with Crippen molar-refractivity contribution in [3.05, 3.63) is 29.8 Å². The topological polar surface area (TPSA) is 40.6 Å². The Morgan fingerprint density at radius 2 is 1.61 bits per heavy atom. The molecule has 0 aliphatic heterocycles. The van der Waals surface area contributed by atoms with Gasteiger partial charge in [0.25, 0.3) is 0 Å². The summed E-state index contributed by atoms with van der Waals surface area (Å²) < 4.78 is 65.0. The maximum atomic E-state index is 12.8. The Hall–Kier alpha value is -0.770. The molecule has 0 bridgehead atoms. The fourth-order valence-electron chi connectivity index (χ4n) is 3.35. The van der Waals surface area contributed by atoms with Crippen LogP contribution in [0.5, 0.6) is 0 Å². The Bertz CT molecular complexity index is 714. The lowest BCUT2D eigenvalue weighted by Gasteiger charge is -2.34. The molecule has 9 heteroatoms. The molecule has 0 aromatic heterocycles. The van der Waals surface area contributed by atoms with Crippen molar-refractivity contribution in [3.63, 3.8) is 0 Å². The first kappa shape index (κ1) is 23.5. The predicted molar refractivity (Wildman–Crippen MR) is 108 cm³/mol. The zero-order valence-corrected chi connectivity index (χ0v) is 18.2. The fraction of sp³-hybridized carbons (Fsp3) is 0.684. The van der Waals surface area contributed by atoms with Gasteiger partial charge in [-0.25, -0.2) is 8.42 Å². The molecule has 160 valence electrons. The van der Waals surface area contributed by atoms with Crippen molar-refractivity contribution in [1.82, 2.24) is 9.21 Å². The van der Waals surface area contributed by atoms with E-state index < -0.39 is 21.8 Å². The SMILES string of the molecule is CN(C)CCSCC1CCC(N(C)S(=O)(=O)c2ccc(C(F)(F)F)cc2)CC1. The summed E-state index contributed by atoms with van der Waals surface area (Å²) >= 11 is 1.94. The predicted octanol–water partition coefficient (Wildman–Crippen LogP) is 4.18. The van der Waals surface area contributed by atoms with Crippen LogP contribution in [0.3, 0.4) is 0 Å². The minimum absolute atomic E-state index is 0.0932. The third-order valence-corrected chi connectivity index (χ3v) is 8.33. The summed E-state index contributed by atoms with van der Waals surface area (Å²) in [6.07, 6.45) is -0.944. The molecule has 0 amide bonds. The van der Waals surface area contributed by atoms with Crippen molar-refractivity contribution in [2.24, 2.45) is 5.92 Å². The summed E-state index contributed by atoms with van der Waals surface area (Å²) in [5, 5.41) is 0. The fourth-order valence-corrected chi connectivity index (χ4v) is 6.09. The van der Waals surface area contributed by atoms with E-state index in [0.717, 1.165) is 68.0 Å². The molecule has 0 radical (unpaired) electrons. The van der Waals surface area contributed by atoms with Gasteiger partial charge in [0.1, 0.15) is 0 Å². The van der Waals surface area contributed by atoms with E-state index in [1.807, 2.05) is 11.8 Å². The van der Waals surface area contributed by atoms with E-state index in [1.165, 1.54) is 11.4 Å². The summed E-state index contributed by atoms with van der Waals surface area (Å²) in [4.78, 5) is 2.06. The highest BCUT2D eigenvalue weighted by Crippen LogP contribution is 2.33. The standard InChI is InChI=1S/C19H29F3N2O2S2/c1-23(2)12-13-27-14-15-4-8-17(9-5-15)24(3)28(25,26)18-10-6-16(7-11-18)19(20,21)22/h6-7,10-11,15,17H,4-5,8-9,12-14H2,1-3H3. The molecule has 0 unspecified atom stereocenters. The van der Waals surface area contributed by atoms with Gasteiger partial charge in [-0.3, -0.25) is 0 Å².